The van der Waals surface area contributed by atoms with Gasteiger partial charge in [0.2, 0.25) is 0 Å². The van der Waals surface area contributed by atoms with Gasteiger partial charge in [-0.15, -0.1) is 0 Å². The van der Waals surface area contributed by atoms with Crippen LogP contribution in [-0.4, -0.2) is 15.5 Å². The summed E-state index contributed by atoms with van der Waals surface area (Å²) >= 11 is 6.07. The van der Waals surface area contributed by atoms with Crippen molar-refractivity contribution in [2.45, 2.75) is 59.0 Å². The van der Waals surface area contributed by atoms with E-state index in [9.17, 15) is 0 Å². The zero-order chi connectivity index (χ0) is 12.2. The zero-order valence-corrected chi connectivity index (χ0v) is 11.4. The van der Waals surface area contributed by atoms with Crippen LogP contribution in [0.1, 0.15) is 52.1 Å². The fourth-order valence-electron chi connectivity index (χ4n) is 1.37. The lowest BCUT2D eigenvalue weighted by atomic mass is 10.1. The summed E-state index contributed by atoms with van der Waals surface area (Å²) in [6.45, 7) is 9.31. The average molecular weight is 244 g/mol. The second-order valence-corrected chi connectivity index (χ2v) is 5.52. The number of hydrogen-bond acceptors (Lipinski definition) is 2. The molecule has 0 aliphatic carbocycles. The predicted octanol–water partition coefficient (Wildman–Crippen LogP) is 3.29. The Labute approximate surface area is 103 Å². The molecule has 0 spiro atoms. The number of rotatable bonds is 5. The average Bonchev–Trinajstić information content (AvgIpc) is 2.52. The Morgan fingerprint density at radius 3 is 2.62 bits per heavy atom. The number of halogens is 1. The van der Waals surface area contributed by atoms with E-state index in [0.717, 1.165) is 30.9 Å². The quantitative estimate of drug-likeness (QED) is 0.833. The van der Waals surface area contributed by atoms with Crippen LogP contribution in [0.5, 0.6) is 0 Å². The van der Waals surface area contributed by atoms with E-state index in [1.165, 1.54) is 6.42 Å². The molecule has 0 unspecified atom stereocenters. The maximum Gasteiger partial charge on any atom is 0.151 e. The SMILES string of the molecule is CCCCc1nc(Cl)c(CNC(C)(C)C)[nH]1. The number of hydrogen-bond donors (Lipinski definition) is 2. The summed E-state index contributed by atoms with van der Waals surface area (Å²) in [6, 6.07) is 0. The van der Waals surface area contributed by atoms with Gasteiger partial charge >= 0.3 is 0 Å². The van der Waals surface area contributed by atoms with Crippen molar-refractivity contribution in [1.82, 2.24) is 15.3 Å². The minimum atomic E-state index is 0.0953. The van der Waals surface area contributed by atoms with Gasteiger partial charge in [-0.25, -0.2) is 4.98 Å². The van der Waals surface area contributed by atoms with Crippen molar-refractivity contribution in [3.05, 3.63) is 16.7 Å². The van der Waals surface area contributed by atoms with Crippen LogP contribution in [0.3, 0.4) is 0 Å². The molecule has 0 amide bonds. The number of unbranched alkanes of at least 4 members (excludes halogenated alkanes) is 1. The molecular formula is C12H22ClN3. The molecule has 3 nitrogen and oxygen atoms in total. The highest BCUT2D eigenvalue weighted by Gasteiger charge is 2.12. The fraction of sp³-hybridized carbons (Fsp3) is 0.750. The highest BCUT2D eigenvalue weighted by molar-refractivity contribution is 6.30. The molecule has 1 rings (SSSR count). The van der Waals surface area contributed by atoms with Gasteiger partial charge in [0.05, 0.1) is 5.69 Å². The molecule has 1 heterocycles. The molecule has 0 radical (unpaired) electrons. The number of imidazole rings is 1. The van der Waals surface area contributed by atoms with Gasteiger partial charge in [-0.1, -0.05) is 24.9 Å². The molecular weight excluding hydrogens is 222 g/mol. The highest BCUT2D eigenvalue weighted by atomic mass is 35.5. The third-order valence-electron chi connectivity index (χ3n) is 2.34. The molecule has 0 saturated heterocycles. The topological polar surface area (TPSA) is 40.7 Å². The van der Waals surface area contributed by atoms with Gasteiger partial charge in [0.15, 0.2) is 5.15 Å². The molecule has 0 bridgehead atoms. The van der Waals surface area contributed by atoms with Crippen molar-refractivity contribution in [3.63, 3.8) is 0 Å². The first-order chi connectivity index (χ1) is 7.42. The van der Waals surface area contributed by atoms with E-state index in [1.54, 1.807) is 0 Å². The summed E-state index contributed by atoms with van der Waals surface area (Å²) in [5, 5.41) is 3.99. The van der Waals surface area contributed by atoms with Gasteiger partial charge in [-0.3, -0.25) is 0 Å². The van der Waals surface area contributed by atoms with Gasteiger partial charge in [0.25, 0.3) is 0 Å². The molecule has 0 aliphatic rings. The monoisotopic (exact) mass is 243 g/mol. The third kappa shape index (κ3) is 4.54. The number of nitrogens with one attached hydrogen (secondary N) is 2. The van der Waals surface area contributed by atoms with Crippen LogP contribution in [0.4, 0.5) is 0 Å². The molecule has 1 aromatic heterocycles. The maximum atomic E-state index is 6.07. The van der Waals surface area contributed by atoms with E-state index in [0.29, 0.717) is 5.15 Å². The first-order valence-electron chi connectivity index (χ1n) is 5.90. The van der Waals surface area contributed by atoms with Crippen LogP contribution in [0.15, 0.2) is 0 Å². The van der Waals surface area contributed by atoms with Gasteiger partial charge in [0, 0.05) is 18.5 Å². The maximum absolute atomic E-state index is 6.07. The Hall–Kier alpha value is -0.540. The van der Waals surface area contributed by atoms with Gasteiger partial charge in [-0.05, 0) is 27.2 Å². The largest absolute Gasteiger partial charge is 0.344 e. The van der Waals surface area contributed by atoms with E-state index >= 15 is 0 Å². The molecule has 0 saturated carbocycles. The predicted molar refractivity (Wildman–Crippen MR) is 68.8 cm³/mol. The Bertz CT molecular complexity index is 325. The lowest BCUT2D eigenvalue weighted by molar-refractivity contribution is 0.421. The number of aryl methyl sites for hydroxylation is 1. The Kier molecular flexibility index (Phi) is 4.81. The van der Waals surface area contributed by atoms with Crippen molar-refractivity contribution in [2.24, 2.45) is 0 Å². The number of nitrogens with zero attached hydrogens (tertiary/aromatic N) is 1. The molecule has 0 aliphatic heterocycles. The smallest absolute Gasteiger partial charge is 0.151 e. The van der Waals surface area contributed by atoms with Crippen LogP contribution < -0.4 is 5.32 Å². The van der Waals surface area contributed by atoms with E-state index in [-0.39, 0.29) is 5.54 Å². The van der Waals surface area contributed by atoms with Crippen molar-refractivity contribution in [1.29, 1.82) is 0 Å². The number of aromatic amines is 1. The summed E-state index contributed by atoms with van der Waals surface area (Å²) in [5.74, 6) is 0.998. The molecule has 0 atom stereocenters. The first kappa shape index (κ1) is 13.5. The molecule has 16 heavy (non-hydrogen) atoms. The second-order valence-electron chi connectivity index (χ2n) is 5.16. The van der Waals surface area contributed by atoms with Crippen molar-refractivity contribution in [3.8, 4) is 0 Å². The number of H-pyrrole nitrogens is 1. The van der Waals surface area contributed by atoms with Crippen LogP contribution in [0.25, 0.3) is 0 Å². The summed E-state index contributed by atoms with van der Waals surface area (Å²) in [6.07, 6.45) is 3.30. The van der Waals surface area contributed by atoms with Crippen LogP contribution >= 0.6 is 11.6 Å². The second kappa shape index (κ2) is 5.69. The summed E-state index contributed by atoms with van der Waals surface area (Å²) in [4.78, 5) is 7.60. The summed E-state index contributed by atoms with van der Waals surface area (Å²) in [7, 11) is 0. The van der Waals surface area contributed by atoms with Crippen LogP contribution in [0.2, 0.25) is 5.15 Å². The molecule has 2 N–H and O–H groups in total. The minimum Gasteiger partial charge on any atom is -0.344 e. The van der Waals surface area contributed by atoms with Crippen molar-refractivity contribution in [2.75, 3.05) is 0 Å². The lowest BCUT2D eigenvalue weighted by Gasteiger charge is -2.19. The normalized spacial score (nSPS) is 12.1. The molecule has 1 aromatic rings. The van der Waals surface area contributed by atoms with Crippen molar-refractivity contribution < 1.29 is 0 Å². The number of aromatic nitrogens is 2. The molecule has 92 valence electrons. The molecule has 0 aromatic carbocycles. The first-order valence-corrected chi connectivity index (χ1v) is 6.28. The Morgan fingerprint density at radius 1 is 1.38 bits per heavy atom. The summed E-state index contributed by atoms with van der Waals surface area (Å²) < 4.78 is 0. The fourth-order valence-corrected chi connectivity index (χ4v) is 1.59. The van der Waals surface area contributed by atoms with Gasteiger partial charge < -0.3 is 10.3 Å². The zero-order valence-electron chi connectivity index (χ0n) is 10.7. The molecule has 4 heteroatoms. The van der Waals surface area contributed by atoms with E-state index in [2.05, 4.69) is 43.0 Å². The molecule has 0 fully saturated rings. The third-order valence-corrected chi connectivity index (χ3v) is 2.65. The minimum absolute atomic E-state index is 0.0953. The van der Waals surface area contributed by atoms with Crippen LogP contribution in [-0.2, 0) is 13.0 Å². The lowest BCUT2D eigenvalue weighted by Crippen LogP contribution is -2.35. The Balaban J connectivity index is 2.56. The van der Waals surface area contributed by atoms with Crippen molar-refractivity contribution >= 4 is 11.6 Å². The van der Waals surface area contributed by atoms with Crippen LogP contribution in [0, 0.1) is 0 Å². The van der Waals surface area contributed by atoms with E-state index < -0.39 is 0 Å². The summed E-state index contributed by atoms with van der Waals surface area (Å²) in [5.41, 5.74) is 1.08. The highest BCUT2D eigenvalue weighted by Crippen LogP contribution is 2.15. The van der Waals surface area contributed by atoms with E-state index in [1.807, 2.05) is 0 Å². The Morgan fingerprint density at radius 2 is 2.06 bits per heavy atom. The standard InChI is InChI=1S/C12H22ClN3/c1-5-6-7-10-15-9(11(13)16-10)8-14-12(2,3)4/h14H,5-8H2,1-4H3,(H,15,16). The van der Waals surface area contributed by atoms with Gasteiger partial charge in [0.1, 0.15) is 5.82 Å². The van der Waals surface area contributed by atoms with Gasteiger partial charge in [-0.2, -0.15) is 0 Å². The van der Waals surface area contributed by atoms with E-state index in [4.69, 9.17) is 11.6 Å².